The largest absolute Gasteiger partial charge is 0.507 e. The van der Waals surface area contributed by atoms with Gasteiger partial charge < -0.3 is 19.5 Å². The van der Waals surface area contributed by atoms with Crippen LogP contribution >= 0.6 is 0 Å². The second-order valence-electron chi connectivity index (χ2n) is 8.61. The molecule has 2 aliphatic rings. The lowest BCUT2D eigenvalue weighted by Gasteiger charge is -2.35. The molecule has 1 saturated heterocycles. The number of hydrogen-bond donors (Lipinski definition) is 1. The van der Waals surface area contributed by atoms with Crippen molar-refractivity contribution in [2.45, 2.75) is 57.5 Å². The molecule has 1 atom stereocenters. The van der Waals surface area contributed by atoms with Crippen LogP contribution in [-0.2, 0) is 9.59 Å². The number of rotatable bonds is 7. The number of likely N-dealkylation sites (tertiary alicyclic amines) is 1. The summed E-state index contributed by atoms with van der Waals surface area (Å²) < 4.78 is 11.2. The van der Waals surface area contributed by atoms with Crippen molar-refractivity contribution in [3.05, 3.63) is 65.2 Å². The summed E-state index contributed by atoms with van der Waals surface area (Å²) >= 11 is 0. The zero-order chi connectivity index (χ0) is 23.4. The maximum Gasteiger partial charge on any atom is 0.295 e. The molecule has 6 heteroatoms. The number of carbonyl (C=O) groups is 2. The topological polar surface area (TPSA) is 76.1 Å². The van der Waals surface area contributed by atoms with Gasteiger partial charge in [0.25, 0.3) is 11.7 Å². The van der Waals surface area contributed by atoms with Crippen molar-refractivity contribution in [3.63, 3.8) is 0 Å². The lowest BCUT2D eigenvalue weighted by atomic mass is 9.90. The van der Waals surface area contributed by atoms with E-state index in [-0.39, 0.29) is 17.4 Å². The van der Waals surface area contributed by atoms with Crippen LogP contribution in [-0.4, -0.2) is 41.5 Å². The van der Waals surface area contributed by atoms with Crippen LogP contribution in [0.3, 0.4) is 0 Å². The molecule has 1 aliphatic carbocycles. The molecular formula is C27H31NO5. The fraction of sp³-hybridized carbons (Fsp3) is 0.407. The van der Waals surface area contributed by atoms with E-state index in [0.29, 0.717) is 29.2 Å². The first-order chi connectivity index (χ1) is 16.1. The van der Waals surface area contributed by atoms with Gasteiger partial charge in [-0.25, -0.2) is 0 Å². The van der Waals surface area contributed by atoms with E-state index in [9.17, 15) is 14.7 Å². The SMILES string of the molecule is CCCOc1ccc(/C(O)=C2/C(=O)C(=O)N(C3CCCCC3)C2c2ccccc2OC)cc1. The molecule has 1 saturated carbocycles. The van der Waals surface area contributed by atoms with Crippen LogP contribution in [0.5, 0.6) is 11.5 Å². The van der Waals surface area contributed by atoms with Gasteiger partial charge in [0.1, 0.15) is 17.3 Å². The van der Waals surface area contributed by atoms with Crippen molar-refractivity contribution in [3.8, 4) is 11.5 Å². The van der Waals surface area contributed by atoms with Crippen LogP contribution in [0, 0.1) is 0 Å². The maximum absolute atomic E-state index is 13.3. The van der Waals surface area contributed by atoms with Crippen molar-refractivity contribution < 1.29 is 24.2 Å². The highest BCUT2D eigenvalue weighted by atomic mass is 16.5. The number of ketones is 1. The monoisotopic (exact) mass is 449 g/mol. The van der Waals surface area contributed by atoms with Crippen molar-refractivity contribution in [2.75, 3.05) is 13.7 Å². The molecule has 1 unspecified atom stereocenters. The number of para-hydroxylation sites is 1. The quantitative estimate of drug-likeness (QED) is 0.355. The van der Waals surface area contributed by atoms with E-state index in [1.807, 2.05) is 31.2 Å². The van der Waals surface area contributed by atoms with Gasteiger partial charge in [-0.1, -0.05) is 44.4 Å². The molecule has 0 bridgehead atoms. The molecule has 1 aliphatic heterocycles. The normalized spacial score (nSPS) is 20.8. The summed E-state index contributed by atoms with van der Waals surface area (Å²) in [4.78, 5) is 28.3. The number of aliphatic hydroxyl groups is 1. The maximum atomic E-state index is 13.3. The van der Waals surface area contributed by atoms with Crippen LogP contribution < -0.4 is 9.47 Å². The first-order valence-electron chi connectivity index (χ1n) is 11.7. The number of ether oxygens (including phenoxy) is 2. The number of hydrogen-bond acceptors (Lipinski definition) is 5. The van der Waals surface area contributed by atoms with E-state index in [4.69, 9.17) is 9.47 Å². The second-order valence-corrected chi connectivity index (χ2v) is 8.61. The van der Waals surface area contributed by atoms with Crippen molar-refractivity contribution >= 4 is 17.4 Å². The van der Waals surface area contributed by atoms with E-state index in [0.717, 1.165) is 38.5 Å². The number of aliphatic hydroxyl groups excluding tert-OH is 1. The predicted octanol–water partition coefficient (Wildman–Crippen LogP) is 5.24. The zero-order valence-corrected chi connectivity index (χ0v) is 19.3. The molecule has 0 aromatic heterocycles. The summed E-state index contributed by atoms with van der Waals surface area (Å²) in [5.41, 5.74) is 1.28. The number of amides is 1. The Balaban J connectivity index is 1.82. The van der Waals surface area contributed by atoms with Crippen LogP contribution in [0.2, 0.25) is 0 Å². The van der Waals surface area contributed by atoms with Crippen LogP contribution in [0.15, 0.2) is 54.1 Å². The third-order valence-electron chi connectivity index (χ3n) is 6.48. The molecule has 0 spiro atoms. The minimum atomic E-state index is -0.694. The van der Waals surface area contributed by atoms with E-state index in [2.05, 4.69) is 0 Å². The number of nitrogens with zero attached hydrogens (tertiary/aromatic N) is 1. The fourth-order valence-electron chi connectivity index (χ4n) is 4.87. The summed E-state index contributed by atoms with van der Waals surface area (Å²) in [7, 11) is 1.57. The summed E-state index contributed by atoms with van der Waals surface area (Å²) in [5.74, 6) is -0.107. The Morgan fingerprint density at radius 2 is 1.73 bits per heavy atom. The Labute approximate surface area is 194 Å². The second kappa shape index (κ2) is 10.1. The van der Waals surface area contributed by atoms with Gasteiger partial charge in [-0.05, 0) is 49.6 Å². The average Bonchev–Trinajstić information content (AvgIpc) is 3.13. The molecule has 33 heavy (non-hydrogen) atoms. The first-order valence-corrected chi connectivity index (χ1v) is 11.7. The van der Waals surface area contributed by atoms with Crippen LogP contribution in [0.1, 0.15) is 62.6 Å². The number of carbonyl (C=O) groups excluding carboxylic acids is 2. The molecule has 4 rings (SSSR count). The molecule has 0 radical (unpaired) electrons. The van der Waals surface area contributed by atoms with Crippen LogP contribution in [0.25, 0.3) is 5.76 Å². The lowest BCUT2D eigenvalue weighted by Crippen LogP contribution is -2.40. The number of Topliss-reactive ketones (excluding diaryl/α,β-unsaturated/α-hetero) is 1. The molecule has 2 aromatic rings. The highest BCUT2D eigenvalue weighted by Gasteiger charge is 2.49. The van der Waals surface area contributed by atoms with Crippen molar-refractivity contribution in [1.82, 2.24) is 4.90 Å². The standard InChI is InChI=1S/C27H31NO5/c1-3-17-33-20-15-13-18(14-16-20)25(29)23-24(21-11-7-8-12-22(21)32-2)28(27(31)26(23)30)19-9-5-4-6-10-19/h7-8,11-16,19,24,29H,3-6,9-10,17H2,1-2H3/b25-23-. The van der Waals surface area contributed by atoms with E-state index in [1.54, 1.807) is 36.3 Å². The summed E-state index contributed by atoms with van der Waals surface area (Å²) in [6, 6.07) is 13.6. The molecular weight excluding hydrogens is 418 g/mol. The molecule has 174 valence electrons. The van der Waals surface area contributed by atoms with Gasteiger partial charge in [-0.15, -0.1) is 0 Å². The van der Waals surface area contributed by atoms with E-state index < -0.39 is 17.7 Å². The van der Waals surface area contributed by atoms with Gasteiger partial charge >= 0.3 is 0 Å². The van der Waals surface area contributed by atoms with Crippen molar-refractivity contribution in [1.29, 1.82) is 0 Å². The van der Waals surface area contributed by atoms with Gasteiger partial charge in [0, 0.05) is 17.2 Å². The molecule has 1 N–H and O–H groups in total. The fourth-order valence-corrected chi connectivity index (χ4v) is 4.87. The Morgan fingerprint density at radius 1 is 1.03 bits per heavy atom. The zero-order valence-electron chi connectivity index (χ0n) is 19.3. The Bertz CT molecular complexity index is 1040. The van der Waals surface area contributed by atoms with Gasteiger partial charge in [0.05, 0.1) is 25.3 Å². The van der Waals surface area contributed by atoms with Gasteiger partial charge in [0.15, 0.2) is 0 Å². The van der Waals surface area contributed by atoms with Crippen LogP contribution in [0.4, 0.5) is 0 Å². The highest BCUT2D eigenvalue weighted by Crippen LogP contribution is 2.45. The minimum absolute atomic E-state index is 0.0415. The summed E-state index contributed by atoms with van der Waals surface area (Å²) in [5, 5.41) is 11.3. The minimum Gasteiger partial charge on any atom is -0.507 e. The Hall–Kier alpha value is -3.28. The smallest absolute Gasteiger partial charge is 0.295 e. The third-order valence-corrected chi connectivity index (χ3v) is 6.48. The lowest BCUT2D eigenvalue weighted by molar-refractivity contribution is -0.141. The van der Waals surface area contributed by atoms with E-state index >= 15 is 0 Å². The summed E-state index contributed by atoms with van der Waals surface area (Å²) in [6.07, 6.45) is 5.76. The molecule has 2 fully saturated rings. The number of benzene rings is 2. The Morgan fingerprint density at radius 3 is 2.39 bits per heavy atom. The van der Waals surface area contributed by atoms with E-state index in [1.165, 1.54) is 0 Å². The first kappa shape index (κ1) is 22.9. The molecule has 6 nitrogen and oxygen atoms in total. The molecule has 2 aromatic carbocycles. The predicted molar refractivity (Wildman–Crippen MR) is 126 cm³/mol. The van der Waals surface area contributed by atoms with Crippen molar-refractivity contribution in [2.24, 2.45) is 0 Å². The van der Waals surface area contributed by atoms with Gasteiger partial charge in [-0.3, -0.25) is 9.59 Å². The molecule has 1 heterocycles. The molecule has 1 amide bonds. The average molecular weight is 450 g/mol. The number of methoxy groups -OCH3 is 1. The van der Waals surface area contributed by atoms with Gasteiger partial charge in [0.2, 0.25) is 0 Å². The Kier molecular flexibility index (Phi) is 7.02. The highest BCUT2D eigenvalue weighted by molar-refractivity contribution is 6.46. The summed E-state index contributed by atoms with van der Waals surface area (Å²) in [6.45, 7) is 2.63. The third kappa shape index (κ3) is 4.47. The van der Waals surface area contributed by atoms with Gasteiger partial charge in [-0.2, -0.15) is 0 Å².